The highest BCUT2D eigenvalue weighted by Crippen LogP contribution is 2.25. The van der Waals surface area contributed by atoms with Gasteiger partial charge in [0.2, 0.25) is 15.9 Å². The molecule has 0 saturated carbocycles. The molecule has 1 aromatic rings. The SMILES string of the molecule is CCNC(=O)CCNS(=O)(=O)c1c(C)ccc(C)c1N. The molecule has 4 N–H and O–H groups in total. The average molecular weight is 299 g/mol. The van der Waals surface area contributed by atoms with Crippen LogP contribution in [0.25, 0.3) is 0 Å². The van der Waals surface area contributed by atoms with Gasteiger partial charge in [-0.25, -0.2) is 13.1 Å². The first-order chi connectivity index (χ1) is 9.29. The fourth-order valence-corrected chi connectivity index (χ4v) is 3.28. The molecule has 20 heavy (non-hydrogen) atoms. The van der Waals surface area contributed by atoms with Crippen LogP contribution in [0.4, 0.5) is 5.69 Å². The molecule has 0 bridgehead atoms. The molecular formula is C13H21N3O3S. The Morgan fingerprint density at radius 2 is 1.85 bits per heavy atom. The van der Waals surface area contributed by atoms with E-state index >= 15 is 0 Å². The van der Waals surface area contributed by atoms with Crippen molar-refractivity contribution < 1.29 is 13.2 Å². The highest BCUT2D eigenvalue weighted by molar-refractivity contribution is 7.89. The molecule has 112 valence electrons. The number of rotatable bonds is 6. The zero-order chi connectivity index (χ0) is 15.3. The summed E-state index contributed by atoms with van der Waals surface area (Å²) >= 11 is 0. The van der Waals surface area contributed by atoms with Gasteiger partial charge in [-0.1, -0.05) is 12.1 Å². The number of nitrogen functional groups attached to an aromatic ring is 1. The van der Waals surface area contributed by atoms with Gasteiger partial charge >= 0.3 is 0 Å². The standard InChI is InChI=1S/C13H21N3O3S/c1-4-15-11(17)7-8-16-20(18,19)13-10(3)6-5-9(2)12(13)14/h5-6,16H,4,7-8,14H2,1-3H3,(H,15,17). The van der Waals surface area contributed by atoms with E-state index in [1.165, 1.54) is 0 Å². The van der Waals surface area contributed by atoms with Crippen molar-refractivity contribution in [3.63, 3.8) is 0 Å². The van der Waals surface area contributed by atoms with Gasteiger partial charge in [-0.15, -0.1) is 0 Å². The summed E-state index contributed by atoms with van der Waals surface area (Å²) in [5, 5.41) is 2.60. The van der Waals surface area contributed by atoms with E-state index in [1.807, 2.05) is 0 Å². The van der Waals surface area contributed by atoms with Crippen molar-refractivity contribution in [2.45, 2.75) is 32.1 Å². The van der Waals surface area contributed by atoms with E-state index in [0.717, 1.165) is 0 Å². The molecule has 0 unspecified atom stereocenters. The molecule has 0 saturated heterocycles. The summed E-state index contributed by atoms with van der Waals surface area (Å²) in [7, 11) is -3.71. The molecule has 1 aromatic carbocycles. The number of nitrogens with one attached hydrogen (secondary N) is 2. The summed E-state index contributed by atoms with van der Waals surface area (Å²) in [6.45, 7) is 5.81. The van der Waals surface area contributed by atoms with Crippen LogP contribution in [0.2, 0.25) is 0 Å². The van der Waals surface area contributed by atoms with Gasteiger partial charge in [0.25, 0.3) is 0 Å². The van der Waals surface area contributed by atoms with Crippen LogP contribution in [-0.2, 0) is 14.8 Å². The molecule has 0 aliphatic carbocycles. The van der Waals surface area contributed by atoms with Crippen molar-refractivity contribution in [1.82, 2.24) is 10.0 Å². The number of anilines is 1. The van der Waals surface area contributed by atoms with Crippen molar-refractivity contribution >= 4 is 21.6 Å². The number of hydrogen-bond acceptors (Lipinski definition) is 4. The maximum Gasteiger partial charge on any atom is 0.242 e. The Morgan fingerprint density at radius 1 is 1.25 bits per heavy atom. The summed E-state index contributed by atoms with van der Waals surface area (Å²) < 4.78 is 26.9. The molecule has 7 heteroatoms. The monoisotopic (exact) mass is 299 g/mol. The first-order valence-corrected chi connectivity index (χ1v) is 7.90. The van der Waals surface area contributed by atoms with Gasteiger partial charge in [0.15, 0.2) is 0 Å². The van der Waals surface area contributed by atoms with Gasteiger partial charge in [0.1, 0.15) is 4.90 Å². The first-order valence-electron chi connectivity index (χ1n) is 6.41. The fourth-order valence-electron chi connectivity index (χ4n) is 1.82. The van der Waals surface area contributed by atoms with E-state index in [0.29, 0.717) is 17.7 Å². The predicted octanol–water partition coefficient (Wildman–Crippen LogP) is 0.690. The highest BCUT2D eigenvalue weighted by atomic mass is 32.2. The van der Waals surface area contributed by atoms with Crippen LogP contribution < -0.4 is 15.8 Å². The molecule has 6 nitrogen and oxygen atoms in total. The number of carbonyl (C=O) groups excluding carboxylic acids is 1. The summed E-state index contributed by atoms with van der Waals surface area (Å²) in [5.41, 5.74) is 7.39. The van der Waals surface area contributed by atoms with Crippen LogP contribution in [0.5, 0.6) is 0 Å². The third-order valence-electron chi connectivity index (χ3n) is 2.90. The Kier molecular flexibility index (Phi) is 5.52. The van der Waals surface area contributed by atoms with Crippen molar-refractivity contribution in [2.75, 3.05) is 18.8 Å². The second-order valence-electron chi connectivity index (χ2n) is 4.54. The Balaban J connectivity index is 2.85. The lowest BCUT2D eigenvalue weighted by atomic mass is 10.1. The van der Waals surface area contributed by atoms with E-state index in [9.17, 15) is 13.2 Å². The zero-order valence-electron chi connectivity index (χ0n) is 12.0. The lowest BCUT2D eigenvalue weighted by Gasteiger charge is -2.13. The number of amides is 1. The minimum atomic E-state index is -3.71. The van der Waals surface area contributed by atoms with E-state index in [2.05, 4.69) is 10.0 Å². The first kappa shape index (κ1) is 16.5. The van der Waals surface area contributed by atoms with E-state index in [-0.39, 0.29) is 29.5 Å². The predicted molar refractivity (Wildman–Crippen MR) is 78.8 cm³/mol. The van der Waals surface area contributed by atoms with Gasteiger partial charge in [0.05, 0.1) is 5.69 Å². The van der Waals surface area contributed by atoms with Crippen LogP contribution >= 0.6 is 0 Å². The van der Waals surface area contributed by atoms with Crippen molar-refractivity contribution in [3.8, 4) is 0 Å². The summed E-state index contributed by atoms with van der Waals surface area (Å²) in [6, 6.07) is 3.49. The Morgan fingerprint density at radius 3 is 2.45 bits per heavy atom. The zero-order valence-corrected chi connectivity index (χ0v) is 12.8. The van der Waals surface area contributed by atoms with Gasteiger partial charge in [-0.05, 0) is 31.9 Å². The van der Waals surface area contributed by atoms with E-state index < -0.39 is 10.0 Å². The molecule has 1 amide bonds. The second-order valence-corrected chi connectivity index (χ2v) is 6.25. The molecule has 0 atom stereocenters. The molecule has 0 fully saturated rings. The van der Waals surface area contributed by atoms with Crippen LogP contribution in [0.1, 0.15) is 24.5 Å². The average Bonchev–Trinajstić information content (AvgIpc) is 2.34. The molecule has 0 heterocycles. The molecule has 0 radical (unpaired) electrons. The Labute approximate surface area is 119 Å². The lowest BCUT2D eigenvalue weighted by molar-refractivity contribution is -0.120. The number of hydrogen-bond donors (Lipinski definition) is 3. The summed E-state index contributed by atoms with van der Waals surface area (Å²) in [6.07, 6.45) is 0.0951. The third-order valence-corrected chi connectivity index (χ3v) is 4.56. The van der Waals surface area contributed by atoms with E-state index in [4.69, 9.17) is 5.73 Å². The van der Waals surface area contributed by atoms with Crippen molar-refractivity contribution in [2.24, 2.45) is 0 Å². The maximum atomic E-state index is 12.2. The number of benzene rings is 1. The van der Waals surface area contributed by atoms with E-state index in [1.54, 1.807) is 32.9 Å². The van der Waals surface area contributed by atoms with Crippen LogP contribution in [0, 0.1) is 13.8 Å². The number of carbonyl (C=O) groups is 1. The number of sulfonamides is 1. The van der Waals surface area contributed by atoms with Gasteiger partial charge < -0.3 is 11.1 Å². The van der Waals surface area contributed by atoms with Gasteiger partial charge in [-0.2, -0.15) is 0 Å². The number of aryl methyl sites for hydroxylation is 2. The number of nitrogens with two attached hydrogens (primary N) is 1. The second kappa shape index (κ2) is 6.71. The Bertz CT molecular complexity index is 597. The third kappa shape index (κ3) is 3.94. The lowest BCUT2D eigenvalue weighted by Crippen LogP contribution is -2.31. The summed E-state index contributed by atoms with van der Waals surface area (Å²) in [5.74, 6) is -0.191. The molecule has 1 rings (SSSR count). The van der Waals surface area contributed by atoms with Gasteiger partial charge in [0, 0.05) is 19.5 Å². The largest absolute Gasteiger partial charge is 0.397 e. The van der Waals surface area contributed by atoms with Crippen LogP contribution in [-0.4, -0.2) is 27.4 Å². The quantitative estimate of drug-likeness (QED) is 0.673. The van der Waals surface area contributed by atoms with Crippen molar-refractivity contribution in [1.29, 1.82) is 0 Å². The smallest absolute Gasteiger partial charge is 0.242 e. The topological polar surface area (TPSA) is 101 Å². The molecule has 0 aromatic heterocycles. The molecule has 0 aliphatic rings. The molecule has 0 spiro atoms. The highest BCUT2D eigenvalue weighted by Gasteiger charge is 2.21. The normalized spacial score (nSPS) is 11.3. The van der Waals surface area contributed by atoms with Gasteiger partial charge in [-0.3, -0.25) is 4.79 Å². The summed E-state index contributed by atoms with van der Waals surface area (Å²) in [4.78, 5) is 11.4. The maximum absolute atomic E-state index is 12.2. The van der Waals surface area contributed by atoms with Crippen LogP contribution in [0.15, 0.2) is 17.0 Å². The minimum Gasteiger partial charge on any atom is -0.397 e. The molecular weight excluding hydrogens is 278 g/mol. The van der Waals surface area contributed by atoms with Crippen molar-refractivity contribution in [3.05, 3.63) is 23.3 Å². The minimum absolute atomic E-state index is 0.0426. The molecule has 0 aliphatic heterocycles. The Hall–Kier alpha value is -1.60. The van der Waals surface area contributed by atoms with Crippen LogP contribution in [0.3, 0.4) is 0 Å². The fraction of sp³-hybridized carbons (Fsp3) is 0.462.